The largest absolute Gasteiger partial charge is 0.489 e. The molecule has 4 nitrogen and oxygen atoms in total. The van der Waals surface area contributed by atoms with Crippen LogP contribution in [0.5, 0.6) is 5.75 Å². The van der Waals surface area contributed by atoms with Gasteiger partial charge in [0, 0.05) is 33.2 Å². The number of nitrogens with zero attached hydrogens (tertiary/aromatic N) is 1. The Morgan fingerprint density at radius 3 is 2.18 bits per heavy atom. The van der Waals surface area contributed by atoms with Crippen LogP contribution in [0.15, 0.2) is 75.7 Å². The van der Waals surface area contributed by atoms with Gasteiger partial charge in [0.1, 0.15) is 12.4 Å². The lowest BCUT2D eigenvalue weighted by Gasteiger charge is -2.20. The van der Waals surface area contributed by atoms with Crippen LogP contribution in [0.25, 0.3) is 0 Å². The summed E-state index contributed by atoms with van der Waals surface area (Å²) < 4.78 is 8.24. The predicted molar refractivity (Wildman–Crippen MR) is 142 cm³/mol. The molecule has 0 radical (unpaired) electrons. The molecule has 0 heterocycles. The van der Waals surface area contributed by atoms with E-state index in [4.69, 9.17) is 4.74 Å². The van der Waals surface area contributed by atoms with E-state index in [1.165, 1.54) is 5.56 Å². The minimum Gasteiger partial charge on any atom is -0.489 e. The monoisotopic (exact) mass is 572 g/mol. The minimum absolute atomic E-state index is 0.0611. The summed E-state index contributed by atoms with van der Waals surface area (Å²) in [5.41, 5.74) is 4.03. The van der Waals surface area contributed by atoms with Crippen molar-refractivity contribution >= 4 is 37.8 Å². The number of benzene rings is 3. The molecule has 0 atom stereocenters. The zero-order chi connectivity index (χ0) is 23.6. The Kier molecular flexibility index (Phi) is 9.97. The van der Waals surface area contributed by atoms with Gasteiger partial charge in [0.15, 0.2) is 0 Å². The molecule has 0 unspecified atom stereocenters. The van der Waals surface area contributed by atoms with Crippen molar-refractivity contribution in [2.75, 3.05) is 19.6 Å². The number of carbonyl (C=O) groups is 1. The first-order chi connectivity index (χ1) is 16.0. The molecule has 3 aromatic rings. The SMILES string of the molecule is CCN(CC)Cc1cc(Br)ccc1OCc1ccc(C(=O)NCCc2ccc(Br)cc2)cc1. The molecular formula is C27H30Br2N2O2. The van der Waals surface area contributed by atoms with Gasteiger partial charge >= 0.3 is 0 Å². The van der Waals surface area contributed by atoms with Crippen LogP contribution in [0.2, 0.25) is 0 Å². The van der Waals surface area contributed by atoms with Crippen LogP contribution in [0.3, 0.4) is 0 Å². The molecule has 0 bridgehead atoms. The molecule has 3 rings (SSSR count). The summed E-state index contributed by atoms with van der Waals surface area (Å²) in [4.78, 5) is 14.8. The normalized spacial score (nSPS) is 10.9. The van der Waals surface area contributed by atoms with Gasteiger partial charge in [-0.25, -0.2) is 0 Å². The van der Waals surface area contributed by atoms with Gasteiger partial charge in [-0.05, 0) is 73.1 Å². The number of carbonyl (C=O) groups excluding carboxylic acids is 1. The predicted octanol–water partition coefficient (Wildman–Crippen LogP) is 6.60. The Hall–Kier alpha value is -2.15. The van der Waals surface area contributed by atoms with Crippen LogP contribution in [0.4, 0.5) is 0 Å². The van der Waals surface area contributed by atoms with Gasteiger partial charge in [-0.15, -0.1) is 0 Å². The molecule has 174 valence electrons. The van der Waals surface area contributed by atoms with Gasteiger partial charge < -0.3 is 10.1 Å². The van der Waals surface area contributed by atoms with Crippen LogP contribution in [-0.4, -0.2) is 30.4 Å². The van der Waals surface area contributed by atoms with Gasteiger partial charge in [0.2, 0.25) is 0 Å². The first-order valence-corrected chi connectivity index (χ1v) is 12.8. The number of nitrogens with one attached hydrogen (secondary N) is 1. The van der Waals surface area contributed by atoms with Gasteiger partial charge in [-0.2, -0.15) is 0 Å². The van der Waals surface area contributed by atoms with Crippen molar-refractivity contribution < 1.29 is 9.53 Å². The van der Waals surface area contributed by atoms with Crippen molar-refractivity contribution in [3.8, 4) is 5.75 Å². The number of ether oxygens (including phenoxy) is 1. The van der Waals surface area contributed by atoms with E-state index in [0.717, 1.165) is 51.9 Å². The Morgan fingerprint density at radius 1 is 0.879 bits per heavy atom. The van der Waals surface area contributed by atoms with E-state index in [-0.39, 0.29) is 5.91 Å². The van der Waals surface area contributed by atoms with Crippen molar-refractivity contribution in [2.45, 2.75) is 33.4 Å². The quantitative estimate of drug-likeness (QED) is 0.281. The van der Waals surface area contributed by atoms with E-state index < -0.39 is 0 Å². The first-order valence-electron chi connectivity index (χ1n) is 11.2. The third-order valence-corrected chi connectivity index (χ3v) is 6.56. The second kappa shape index (κ2) is 12.9. The molecule has 1 amide bonds. The van der Waals surface area contributed by atoms with Gasteiger partial charge in [0.25, 0.3) is 5.91 Å². The van der Waals surface area contributed by atoms with Crippen molar-refractivity contribution in [3.05, 3.63) is 97.9 Å². The highest BCUT2D eigenvalue weighted by Crippen LogP contribution is 2.25. The standard InChI is InChI=1S/C27H30Br2N2O2/c1-3-31(4-2)18-23-17-25(29)13-14-26(23)33-19-21-5-9-22(10-6-21)27(32)30-16-15-20-7-11-24(28)12-8-20/h5-14,17H,3-4,15-16,18-19H2,1-2H3,(H,30,32). The van der Waals surface area contributed by atoms with E-state index in [0.29, 0.717) is 18.7 Å². The molecule has 0 fully saturated rings. The lowest BCUT2D eigenvalue weighted by atomic mass is 10.1. The van der Waals surface area contributed by atoms with Gasteiger partial charge in [0.05, 0.1) is 0 Å². The van der Waals surface area contributed by atoms with Crippen molar-refractivity contribution in [1.29, 1.82) is 0 Å². The van der Waals surface area contributed by atoms with Crippen LogP contribution >= 0.6 is 31.9 Å². The molecule has 6 heteroatoms. The van der Waals surface area contributed by atoms with Crippen molar-refractivity contribution in [3.63, 3.8) is 0 Å². The van der Waals surface area contributed by atoms with E-state index in [1.54, 1.807) is 0 Å². The average Bonchev–Trinajstić information content (AvgIpc) is 2.83. The number of rotatable bonds is 11. The summed E-state index contributed by atoms with van der Waals surface area (Å²) >= 11 is 7.00. The topological polar surface area (TPSA) is 41.6 Å². The van der Waals surface area contributed by atoms with E-state index in [1.807, 2.05) is 48.5 Å². The third kappa shape index (κ3) is 7.98. The fraction of sp³-hybridized carbons (Fsp3) is 0.296. The number of amides is 1. The Balaban J connectivity index is 1.53. The Bertz CT molecular complexity index is 1030. The van der Waals surface area contributed by atoms with Crippen LogP contribution in [0.1, 0.15) is 40.9 Å². The zero-order valence-electron chi connectivity index (χ0n) is 19.1. The number of hydrogen-bond acceptors (Lipinski definition) is 3. The average molecular weight is 574 g/mol. The summed E-state index contributed by atoms with van der Waals surface area (Å²) in [6.07, 6.45) is 0.800. The lowest BCUT2D eigenvalue weighted by Crippen LogP contribution is -2.25. The molecule has 0 saturated heterocycles. The molecule has 3 aromatic carbocycles. The number of hydrogen-bond donors (Lipinski definition) is 1. The van der Waals surface area contributed by atoms with E-state index >= 15 is 0 Å². The van der Waals surface area contributed by atoms with E-state index in [2.05, 4.69) is 74.1 Å². The maximum Gasteiger partial charge on any atom is 0.251 e. The molecular weight excluding hydrogens is 544 g/mol. The molecule has 0 aliphatic heterocycles. The minimum atomic E-state index is -0.0611. The first kappa shape index (κ1) is 25.5. The highest BCUT2D eigenvalue weighted by atomic mass is 79.9. The van der Waals surface area contributed by atoms with Crippen LogP contribution < -0.4 is 10.1 Å². The molecule has 0 spiro atoms. The fourth-order valence-electron chi connectivity index (χ4n) is 3.49. The second-order valence-corrected chi connectivity index (χ2v) is 9.66. The van der Waals surface area contributed by atoms with Crippen molar-refractivity contribution in [2.24, 2.45) is 0 Å². The smallest absolute Gasteiger partial charge is 0.251 e. The zero-order valence-corrected chi connectivity index (χ0v) is 22.3. The molecule has 0 aliphatic carbocycles. The molecule has 33 heavy (non-hydrogen) atoms. The fourth-order valence-corrected chi connectivity index (χ4v) is 4.16. The summed E-state index contributed by atoms with van der Waals surface area (Å²) in [5.74, 6) is 0.828. The molecule has 0 aliphatic rings. The Morgan fingerprint density at radius 2 is 1.52 bits per heavy atom. The van der Waals surface area contributed by atoms with Gasteiger partial charge in [-0.1, -0.05) is 70.0 Å². The molecule has 0 aromatic heterocycles. The number of halogens is 2. The highest BCUT2D eigenvalue weighted by Gasteiger charge is 2.10. The second-order valence-electron chi connectivity index (χ2n) is 7.83. The maximum atomic E-state index is 12.5. The molecule has 1 N–H and O–H groups in total. The van der Waals surface area contributed by atoms with Gasteiger partial charge in [-0.3, -0.25) is 9.69 Å². The Labute approximate surface area is 213 Å². The third-order valence-electron chi connectivity index (χ3n) is 5.53. The lowest BCUT2D eigenvalue weighted by molar-refractivity contribution is 0.0954. The summed E-state index contributed by atoms with van der Waals surface area (Å²) in [5, 5.41) is 2.99. The van der Waals surface area contributed by atoms with Crippen molar-refractivity contribution in [1.82, 2.24) is 10.2 Å². The van der Waals surface area contributed by atoms with E-state index in [9.17, 15) is 4.79 Å². The summed E-state index contributed by atoms with van der Waals surface area (Å²) in [7, 11) is 0. The van der Waals surface area contributed by atoms with Crippen LogP contribution in [0, 0.1) is 0 Å². The van der Waals surface area contributed by atoms with Crippen LogP contribution in [-0.2, 0) is 19.6 Å². The highest BCUT2D eigenvalue weighted by molar-refractivity contribution is 9.10. The summed E-state index contributed by atoms with van der Waals surface area (Å²) in [6, 6.07) is 21.9. The maximum absolute atomic E-state index is 12.5. The summed E-state index contributed by atoms with van der Waals surface area (Å²) in [6.45, 7) is 8.23. The molecule has 0 saturated carbocycles.